The van der Waals surface area contributed by atoms with Crippen LogP contribution in [0.1, 0.15) is 72.6 Å². The molecule has 21 heavy (non-hydrogen) atoms. The van der Waals surface area contributed by atoms with Crippen molar-refractivity contribution in [1.82, 2.24) is 5.32 Å². The Bertz CT molecular complexity index is 349. The first-order valence-corrected chi connectivity index (χ1v) is 9.19. The van der Waals surface area contributed by atoms with E-state index in [1.165, 1.54) is 51.5 Å². The number of hydrogen-bond acceptors (Lipinski definition) is 2. The van der Waals surface area contributed by atoms with Gasteiger partial charge in [0.1, 0.15) is 0 Å². The van der Waals surface area contributed by atoms with Gasteiger partial charge >= 0.3 is 0 Å². The highest BCUT2D eigenvalue weighted by molar-refractivity contribution is 5.04. The summed E-state index contributed by atoms with van der Waals surface area (Å²) in [5, 5.41) is 4.01. The van der Waals surface area contributed by atoms with Gasteiger partial charge < -0.3 is 11.1 Å². The Morgan fingerprint density at radius 2 is 1.38 bits per heavy atom. The zero-order chi connectivity index (χ0) is 15.3. The van der Waals surface area contributed by atoms with E-state index < -0.39 is 0 Å². The van der Waals surface area contributed by atoms with Gasteiger partial charge in [0.05, 0.1) is 0 Å². The Balaban J connectivity index is 1.67. The van der Waals surface area contributed by atoms with Crippen LogP contribution in [0.2, 0.25) is 0 Å². The molecule has 3 N–H and O–H groups in total. The molecule has 0 aromatic carbocycles. The second-order valence-corrected chi connectivity index (χ2v) is 10.1. The second kappa shape index (κ2) is 5.23. The van der Waals surface area contributed by atoms with Crippen LogP contribution in [-0.4, -0.2) is 18.6 Å². The summed E-state index contributed by atoms with van der Waals surface area (Å²) >= 11 is 0. The predicted octanol–water partition coefficient (Wildman–Crippen LogP) is 3.95. The minimum absolute atomic E-state index is 0.174. The summed E-state index contributed by atoms with van der Waals surface area (Å²) in [6.45, 7) is 11.7. The van der Waals surface area contributed by atoms with Crippen LogP contribution < -0.4 is 11.1 Å². The Hall–Kier alpha value is -0.0800. The Morgan fingerprint density at radius 1 is 0.905 bits per heavy atom. The molecule has 0 heterocycles. The van der Waals surface area contributed by atoms with Gasteiger partial charge in [-0.15, -0.1) is 0 Å². The van der Waals surface area contributed by atoms with Crippen LogP contribution >= 0.6 is 0 Å². The summed E-state index contributed by atoms with van der Waals surface area (Å²) < 4.78 is 0. The maximum atomic E-state index is 6.29. The van der Waals surface area contributed by atoms with E-state index in [0.29, 0.717) is 10.8 Å². The molecule has 3 fully saturated rings. The van der Waals surface area contributed by atoms with Gasteiger partial charge in [0.15, 0.2) is 0 Å². The first-order valence-electron chi connectivity index (χ1n) is 9.19. The van der Waals surface area contributed by atoms with Crippen molar-refractivity contribution in [2.45, 2.75) is 78.2 Å². The topological polar surface area (TPSA) is 38.0 Å². The van der Waals surface area contributed by atoms with Gasteiger partial charge in [0, 0.05) is 12.1 Å². The third-order valence-electron chi connectivity index (χ3n) is 6.15. The fourth-order valence-corrected chi connectivity index (χ4v) is 5.76. The maximum Gasteiger partial charge on any atom is 0.0314 e. The molecule has 0 radical (unpaired) electrons. The van der Waals surface area contributed by atoms with Crippen molar-refractivity contribution < 1.29 is 0 Å². The van der Waals surface area contributed by atoms with Gasteiger partial charge in [0.25, 0.3) is 0 Å². The van der Waals surface area contributed by atoms with E-state index in [1.807, 2.05) is 0 Å². The van der Waals surface area contributed by atoms with Crippen LogP contribution in [0.25, 0.3) is 0 Å². The minimum atomic E-state index is 0.174. The lowest BCUT2D eigenvalue weighted by atomic mass is 9.58. The van der Waals surface area contributed by atoms with Crippen molar-refractivity contribution in [2.24, 2.45) is 34.3 Å². The van der Waals surface area contributed by atoms with Crippen LogP contribution in [0.4, 0.5) is 0 Å². The quantitative estimate of drug-likeness (QED) is 0.778. The molecule has 3 aliphatic carbocycles. The first-order chi connectivity index (χ1) is 9.74. The second-order valence-electron chi connectivity index (χ2n) is 10.1. The summed E-state index contributed by atoms with van der Waals surface area (Å²) in [4.78, 5) is 0. The molecule has 0 amide bonds. The van der Waals surface area contributed by atoms with Crippen LogP contribution in [0, 0.1) is 28.6 Å². The largest absolute Gasteiger partial charge is 0.329 e. The fraction of sp³-hybridized carbons (Fsp3) is 1.00. The Labute approximate surface area is 131 Å². The van der Waals surface area contributed by atoms with Crippen molar-refractivity contribution in [1.29, 1.82) is 0 Å². The molecule has 0 aromatic heterocycles. The van der Waals surface area contributed by atoms with Crippen LogP contribution in [0.5, 0.6) is 0 Å². The standard InChI is InChI=1S/C19H36N2/c1-17(2)10-18(3,4)12-19(11-17,13-20)21-9-16(14-5-6-14)15-7-8-15/h14-16,21H,5-13,20H2,1-4H3. The molecule has 0 aromatic rings. The summed E-state index contributed by atoms with van der Waals surface area (Å²) in [6, 6.07) is 0. The average molecular weight is 293 g/mol. The van der Waals surface area contributed by atoms with E-state index in [0.717, 1.165) is 24.3 Å². The average Bonchev–Trinajstić information content (AvgIpc) is 3.19. The highest BCUT2D eigenvalue weighted by Gasteiger charge is 2.48. The summed E-state index contributed by atoms with van der Waals surface area (Å²) in [5.41, 5.74) is 7.27. The van der Waals surface area contributed by atoms with Crippen molar-refractivity contribution in [3.63, 3.8) is 0 Å². The van der Waals surface area contributed by atoms with E-state index in [4.69, 9.17) is 5.73 Å². The van der Waals surface area contributed by atoms with Gasteiger partial charge in [-0.2, -0.15) is 0 Å². The molecule has 0 spiro atoms. The number of nitrogens with two attached hydrogens (primary N) is 1. The smallest absolute Gasteiger partial charge is 0.0314 e. The van der Waals surface area contributed by atoms with Crippen LogP contribution in [0.15, 0.2) is 0 Å². The van der Waals surface area contributed by atoms with Crippen LogP contribution in [0.3, 0.4) is 0 Å². The molecule has 0 atom stereocenters. The van der Waals surface area contributed by atoms with E-state index >= 15 is 0 Å². The molecule has 122 valence electrons. The highest BCUT2D eigenvalue weighted by atomic mass is 15.0. The van der Waals surface area contributed by atoms with Crippen LogP contribution in [-0.2, 0) is 0 Å². The third kappa shape index (κ3) is 3.82. The molecule has 0 saturated heterocycles. The van der Waals surface area contributed by atoms with E-state index in [2.05, 4.69) is 33.0 Å². The molecule has 2 heteroatoms. The molecule has 0 bridgehead atoms. The van der Waals surface area contributed by atoms with Gasteiger partial charge in [-0.25, -0.2) is 0 Å². The predicted molar refractivity (Wildman–Crippen MR) is 90.1 cm³/mol. The molecular weight excluding hydrogens is 256 g/mol. The van der Waals surface area contributed by atoms with Gasteiger partial charge in [0.2, 0.25) is 0 Å². The zero-order valence-electron chi connectivity index (χ0n) is 14.7. The summed E-state index contributed by atoms with van der Waals surface area (Å²) in [5.74, 6) is 3.01. The number of nitrogens with one attached hydrogen (secondary N) is 1. The van der Waals surface area contributed by atoms with Crippen molar-refractivity contribution >= 4 is 0 Å². The number of hydrogen-bond donors (Lipinski definition) is 2. The lowest BCUT2D eigenvalue weighted by Crippen LogP contribution is -2.60. The Morgan fingerprint density at radius 3 is 1.76 bits per heavy atom. The molecule has 3 saturated carbocycles. The molecule has 3 rings (SSSR count). The molecular formula is C19H36N2. The monoisotopic (exact) mass is 292 g/mol. The Kier molecular flexibility index (Phi) is 3.94. The fourth-order valence-electron chi connectivity index (χ4n) is 5.76. The van der Waals surface area contributed by atoms with Crippen molar-refractivity contribution in [2.75, 3.05) is 13.1 Å². The van der Waals surface area contributed by atoms with Gasteiger partial charge in [-0.3, -0.25) is 0 Å². The van der Waals surface area contributed by atoms with Crippen molar-refractivity contribution in [3.05, 3.63) is 0 Å². The molecule has 3 aliphatic rings. The van der Waals surface area contributed by atoms with Gasteiger partial charge in [-0.1, -0.05) is 27.7 Å². The molecule has 0 aliphatic heterocycles. The van der Waals surface area contributed by atoms with E-state index in [1.54, 1.807) is 0 Å². The minimum Gasteiger partial charge on any atom is -0.329 e. The third-order valence-corrected chi connectivity index (χ3v) is 6.15. The highest BCUT2D eigenvalue weighted by Crippen LogP contribution is 2.51. The summed E-state index contributed by atoms with van der Waals surface area (Å²) in [7, 11) is 0. The lowest BCUT2D eigenvalue weighted by molar-refractivity contribution is 0.0293. The molecule has 2 nitrogen and oxygen atoms in total. The zero-order valence-corrected chi connectivity index (χ0v) is 14.7. The SMILES string of the molecule is CC1(C)CC(C)(C)CC(CN)(NCC(C2CC2)C2CC2)C1. The van der Waals surface area contributed by atoms with E-state index in [9.17, 15) is 0 Å². The lowest BCUT2D eigenvalue weighted by Gasteiger charge is -2.52. The van der Waals surface area contributed by atoms with Gasteiger partial charge in [-0.05, 0) is 80.1 Å². The number of rotatable bonds is 6. The molecule has 0 unspecified atom stereocenters. The summed E-state index contributed by atoms with van der Waals surface area (Å²) in [6.07, 6.45) is 9.72. The van der Waals surface area contributed by atoms with E-state index in [-0.39, 0.29) is 5.54 Å². The van der Waals surface area contributed by atoms with Crippen molar-refractivity contribution in [3.8, 4) is 0 Å². The first kappa shape index (κ1) is 15.8. The normalized spacial score (nSPS) is 30.6. The maximum absolute atomic E-state index is 6.29.